The van der Waals surface area contributed by atoms with E-state index >= 15 is 0 Å². The highest BCUT2D eigenvalue weighted by Gasteiger charge is 2.22. The molecule has 2 aromatic rings. The van der Waals surface area contributed by atoms with E-state index in [4.69, 9.17) is 5.73 Å². The summed E-state index contributed by atoms with van der Waals surface area (Å²) in [6, 6.07) is 8.21. The van der Waals surface area contributed by atoms with Crippen molar-refractivity contribution in [2.45, 2.75) is 25.7 Å². The molecule has 18 heavy (non-hydrogen) atoms. The predicted octanol–water partition coefficient (Wildman–Crippen LogP) is 3.76. The zero-order chi connectivity index (χ0) is 12.5. The second-order valence-electron chi connectivity index (χ2n) is 4.97. The monoisotopic (exact) mass is 305 g/mol. The molecule has 0 atom stereocenters. The SMILES string of the molecule is Nc1n[nH]c(CC2CCC2)c1-c1cccc(Br)c1. The fourth-order valence-corrected chi connectivity index (χ4v) is 2.89. The molecule has 3 N–H and O–H groups in total. The van der Waals surface area contributed by atoms with E-state index in [1.54, 1.807) is 0 Å². The van der Waals surface area contributed by atoms with Crippen LogP contribution in [0.1, 0.15) is 25.0 Å². The Morgan fingerprint density at radius 1 is 1.39 bits per heavy atom. The first-order valence-electron chi connectivity index (χ1n) is 6.32. The molecule has 0 amide bonds. The van der Waals surface area contributed by atoms with E-state index in [0.717, 1.165) is 27.9 Å². The predicted molar refractivity (Wildman–Crippen MR) is 77.2 cm³/mol. The van der Waals surface area contributed by atoms with Crippen LogP contribution in [0.5, 0.6) is 0 Å². The van der Waals surface area contributed by atoms with E-state index in [9.17, 15) is 0 Å². The molecule has 0 radical (unpaired) electrons. The molecule has 3 nitrogen and oxygen atoms in total. The third-order valence-electron chi connectivity index (χ3n) is 3.70. The van der Waals surface area contributed by atoms with Crippen molar-refractivity contribution < 1.29 is 0 Å². The maximum atomic E-state index is 6.00. The van der Waals surface area contributed by atoms with Gasteiger partial charge in [0.25, 0.3) is 0 Å². The van der Waals surface area contributed by atoms with Gasteiger partial charge in [-0.05, 0) is 30.0 Å². The summed E-state index contributed by atoms with van der Waals surface area (Å²) in [5.41, 5.74) is 9.38. The van der Waals surface area contributed by atoms with Crippen molar-refractivity contribution in [3.8, 4) is 11.1 Å². The number of nitrogens with two attached hydrogens (primary N) is 1. The summed E-state index contributed by atoms with van der Waals surface area (Å²) in [6.45, 7) is 0. The van der Waals surface area contributed by atoms with Crippen molar-refractivity contribution in [3.63, 3.8) is 0 Å². The van der Waals surface area contributed by atoms with E-state index in [2.05, 4.69) is 38.3 Å². The van der Waals surface area contributed by atoms with Crippen LogP contribution in [0.15, 0.2) is 28.7 Å². The largest absolute Gasteiger partial charge is 0.382 e. The van der Waals surface area contributed by atoms with Crippen LogP contribution in [-0.2, 0) is 6.42 Å². The van der Waals surface area contributed by atoms with Crippen LogP contribution in [-0.4, -0.2) is 10.2 Å². The first kappa shape index (κ1) is 11.8. The number of nitrogens with zero attached hydrogens (tertiary/aromatic N) is 1. The van der Waals surface area contributed by atoms with Crippen molar-refractivity contribution in [1.82, 2.24) is 10.2 Å². The number of nitrogens with one attached hydrogen (secondary N) is 1. The van der Waals surface area contributed by atoms with Crippen molar-refractivity contribution in [2.75, 3.05) is 5.73 Å². The smallest absolute Gasteiger partial charge is 0.153 e. The van der Waals surface area contributed by atoms with Crippen LogP contribution in [0.25, 0.3) is 11.1 Å². The maximum absolute atomic E-state index is 6.00. The Morgan fingerprint density at radius 3 is 2.89 bits per heavy atom. The lowest BCUT2D eigenvalue weighted by Gasteiger charge is -2.25. The molecule has 3 rings (SSSR count). The van der Waals surface area contributed by atoms with E-state index in [1.165, 1.54) is 25.0 Å². The Balaban J connectivity index is 1.96. The molecule has 1 aromatic carbocycles. The van der Waals surface area contributed by atoms with Gasteiger partial charge in [-0.15, -0.1) is 0 Å². The molecule has 0 spiro atoms. The molecule has 1 fully saturated rings. The zero-order valence-corrected chi connectivity index (χ0v) is 11.7. The van der Waals surface area contributed by atoms with Crippen molar-refractivity contribution in [1.29, 1.82) is 0 Å². The van der Waals surface area contributed by atoms with Crippen molar-refractivity contribution in [3.05, 3.63) is 34.4 Å². The Bertz CT molecular complexity index is 558. The van der Waals surface area contributed by atoms with Crippen LogP contribution in [0.3, 0.4) is 0 Å². The summed E-state index contributed by atoms with van der Waals surface area (Å²) in [5, 5.41) is 7.27. The average molecular weight is 306 g/mol. The van der Waals surface area contributed by atoms with Gasteiger partial charge in [-0.1, -0.05) is 47.3 Å². The Kier molecular flexibility index (Phi) is 3.12. The highest BCUT2D eigenvalue weighted by molar-refractivity contribution is 9.10. The van der Waals surface area contributed by atoms with Crippen molar-refractivity contribution in [2.24, 2.45) is 5.92 Å². The second kappa shape index (κ2) is 4.76. The second-order valence-corrected chi connectivity index (χ2v) is 5.89. The summed E-state index contributed by atoms with van der Waals surface area (Å²) in [5.74, 6) is 1.40. The van der Waals surface area contributed by atoms with Gasteiger partial charge in [0.2, 0.25) is 0 Å². The molecule has 1 aliphatic carbocycles. The quantitative estimate of drug-likeness (QED) is 0.907. The number of nitrogen functional groups attached to an aromatic ring is 1. The van der Waals surface area contributed by atoms with Gasteiger partial charge in [0, 0.05) is 15.7 Å². The van der Waals surface area contributed by atoms with E-state index in [-0.39, 0.29) is 0 Å². The Labute approximate surface area is 115 Å². The highest BCUT2D eigenvalue weighted by Crippen LogP contribution is 2.35. The number of hydrogen-bond donors (Lipinski definition) is 2. The minimum absolute atomic E-state index is 0.599. The van der Waals surface area contributed by atoms with Crippen LogP contribution in [0.4, 0.5) is 5.82 Å². The molecule has 0 unspecified atom stereocenters. The number of hydrogen-bond acceptors (Lipinski definition) is 2. The Morgan fingerprint density at radius 2 is 2.22 bits per heavy atom. The fraction of sp³-hybridized carbons (Fsp3) is 0.357. The summed E-state index contributed by atoms with van der Waals surface area (Å²) < 4.78 is 1.06. The molecule has 1 aliphatic rings. The number of rotatable bonds is 3. The zero-order valence-electron chi connectivity index (χ0n) is 10.1. The average Bonchev–Trinajstić information content (AvgIpc) is 2.65. The molecule has 0 saturated heterocycles. The molecule has 1 heterocycles. The lowest BCUT2D eigenvalue weighted by molar-refractivity contribution is 0.312. The van der Waals surface area contributed by atoms with Gasteiger partial charge < -0.3 is 5.73 Å². The van der Waals surface area contributed by atoms with E-state index < -0.39 is 0 Å². The normalized spacial score (nSPS) is 15.6. The molecule has 1 saturated carbocycles. The minimum Gasteiger partial charge on any atom is -0.382 e. The molecule has 94 valence electrons. The van der Waals surface area contributed by atoms with Crippen LogP contribution in [0.2, 0.25) is 0 Å². The summed E-state index contributed by atoms with van der Waals surface area (Å²) in [6.07, 6.45) is 5.08. The number of anilines is 1. The number of halogens is 1. The van der Waals surface area contributed by atoms with Gasteiger partial charge in [0.15, 0.2) is 5.82 Å². The lowest BCUT2D eigenvalue weighted by atomic mass is 9.81. The molecular weight excluding hydrogens is 290 g/mol. The number of H-pyrrole nitrogens is 1. The standard InChI is InChI=1S/C14H16BrN3/c15-11-6-2-5-10(8-11)13-12(17-18-14(13)16)7-9-3-1-4-9/h2,5-6,8-9H,1,3-4,7H2,(H3,16,17,18). The van der Waals surface area contributed by atoms with E-state index in [1.807, 2.05) is 12.1 Å². The van der Waals surface area contributed by atoms with E-state index in [0.29, 0.717) is 5.82 Å². The lowest BCUT2D eigenvalue weighted by Crippen LogP contribution is -2.14. The number of aromatic amines is 1. The molecule has 1 aromatic heterocycles. The number of aromatic nitrogens is 2. The fourth-order valence-electron chi connectivity index (χ4n) is 2.49. The molecule has 0 aliphatic heterocycles. The molecule has 4 heteroatoms. The van der Waals surface area contributed by atoms with Crippen LogP contribution >= 0.6 is 15.9 Å². The van der Waals surface area contributed by atoms with Gasteiger partial charge in [-0.25, -0.2) is 0 Å². The Hall–Kier alpha value is -1.29. The van der Waals surface area contributed by atoms with Gasteiger partial charge in [0.1, 0.15) is 0 Å². The first-order valence-corrected chi connectivity index (χ1v) is 7.12. The molecular formula is C14H16BrN3. The maximum Gasteiger partial charge on any atom is 0.153 e. The summed E-state index contributed by atoms with van der Waals surface area (Å²) in [4.78, 5) is 0. The molecule has 0 bridgehead atoms. The third-order valence-corrected chi connectivity index (χ3v) is 4.19. The number of benzene rings is 1. The van der Waals surface area contributed by atoms with Gasteiger partial charge in [-0.2, -0.15) is 5.10 Å². The topological polar surface area (TPSA) is 54.7 Å². The van der Waals surface area contributed by atoms with Crippen molar-refractivity contribution >= 4 is 21.7 Å². The van der Waals surface area contributed by atoms with Gasteiger partial charge in [-0.3, -0.25) is 5.10 Å². The minimum atomic E-state index is 0.599. The van der Waals surface area contributed by atoms with Crippen LogP contribution in [0, 0.1) is 5.92 Å². The highest BCUT2D eigenvalue weighted by atomic mass is 79.9. The summed E-state index contributed by atoms with van der Waals surface area (Å²) in [7, 11) is 0. The summed E-state index contributed by atoms with van der Waals surface area (Å²) >= 11 is 3.50. The third kappa shape index (κ3) is 2.17. The first-order chi connectivity index (χ1) is 8.74. The van der Waals surface area contributed by atoms with Crippen LogP contribution < -0.4 is 5.73 Å². The van der Waals surface area contributed by atoms with Gasteiger partial charge in [0.05, 0.1) is 0 Å². The van der Waals surface area contributed by atoms with Gasteiger partial charge >= 0.3 is 0 Å².